The van der Waals surface area contributed by atoms with E-state index in [0.29, 0.717) is 17.7 Å². The molecule has 1 aromatic heterocycles. The Morgan fingerprint density at radius 1 is 1.25 bits per heavy atom. The highest BCUT2D eigenvalue weighted by Crippen LogP contribution is 2.33. The second-order valence-electron chi connectivity index (χ2n) is 6.08. The maximum Gasteiger partial charge on any atom is 0.290 e. The lowest BCUT2D eigenvalue weighted by atomic mass is 10.0. The summed E-state index contributed by atoms with van der Waals surface area (Å²) in [6.07, 6.45) is 2.23. The third-order valence-corrected chi connectivity index (χ3v) is 4.21. The Hall–Kier alpha value is -1.77. The van der Waals surface area contributed by atoms with Gasteiger partial charge in [0.05, 0.1) is 0 Å². The molecule has 1 atom stereocenters. The Morgan fingerprint density at radius 3 is 2.55 bits per heavy atom. The lowest BCUT2D eigenvalue weighted by Crippen LogP contribution is -2.42. The summed E-state index contributed by atoms with van der Waals surface area (Å²) >= 11 is 0. The molecule has 106 valence electrons. The first-order valence-corrected chi connectivity index (χ1v) is 7.39. The van der Waals surface area contributed by atoms with Crippen molar-refractivity contribution in [2.75, 3.05) is 0 Å². The third-order valence-electron chi connectivity index (χ3n) is 4.21. The van der Waals surface area contributed by atoms with Crippen LogP contribution >= 0.6 is 0 Å². The highest BCUT2D eigenvalue weighted by atomic mass is 16.3. The smallest absolute Gasteiger partial charge is 0.290 e. The van der Waals surface area contributed by atoms with Gasteiger partial charge in [0, 0.05) is 17.5 Å². The predicted octanol–water partition coefficient (Wildman–Crippen LogP) is 4.08. The first-order chi connectivity index (χ1) is 9.58. The summed E-state index contributed by atoms with van der Waals surface area (Å²) in [5.74, 6) is 0.944. The van der Waals surface area contributed by atoms with Crippen LogP contribution < -0.4 is 0 Å². The van der Waals surface area contributed by atoms with Crippen LogP contribution in [0.1, 0.15) is 44.2 Å². The average molecular weight is 271 g/mol. The van der Waals surface area contributed by atoms with Gasteiger partial charge in [-0.2, -0.15) is 0 Å². The van der Waals surface area contributed by atoms with Crippen molar-refractivity contribution in [3.63, 3.8) is 0 Å². The number of benzene rings is 1. The molecule has 1 fully saturated rings. The van der Waals surface area contributed by atoms with Crippen molar-refractivity contribution in [2.24, 2.45) is 5.92 Å². The van der Waals surface area contributed by atoms with Crippen LogP contribution in [-0.2, 0) is 0 Å². The van der Waals surface area contributed by atoms with Crippen molar-refractivity contribution in [3.8, 4) is 0 Å². The Balaban J connectivity index is 1.92. The molecule has 0 N–H and O–H groups in total. The van der Waals surface area contributed by atoms with Crippen LogP contribution in [0, 0.1) is 5.92 Å². The predicted molar refractivity (Wildman–Crippen MR) is 79.7 cm³/mol. The summed E-state index contributed by atoms with van der Waals surface area (Å²) in [6, 6.07) is 10.3. The van der Waals surface area contributed by atoms with Crippen LogP contribution in [0.15, 0.2) is 34.7 Å². The monoisotopic (exact) mass is 271 g/mol. The van der Waals surface area contributed by atoms with Crippen LogP contribution in [0.4, 0.5) is 0 Å². The van der Waals surface area contributed by atoms with Crippen LogP contribution in [0.25, 0.3) is 11.0 Å². The lowest BCUT2D eigenvalue weighted by Gasteiger charge is -2.31. The summed E-state index contributed by atoms with van der Waals surface area (Å²) < 4.78 is 5.73. The van der Waals surface area contributed by atoms with Gasteiger partial charge in [0.15, 0.2) is 5.76 Å². The molecule has 3 nitrogen and oxygen atoms in total. The van der Waals surface area contributed by atoms with Gasteiger partial charge in [-0.25, -0.2) is 0 Å². The standard InChI is InChI=1S/C17H21NO2/c1-11(2)12(3)18(14-8-9-14)17(19)16-10-13-6-4-5-7-15(13)20-16/h4-7,10-12,14H,8-9H2,1-3H3/t12-/m0/s1. The fourth-order valence-electron chi connectivity index (χ4n) is 2.57. The Labute approximate surface area is 119 Å². The summed E-state index contributed by atoms with van der Waals surface area (Å²) in [5, 5.41) is 0.990. The number of rotatable bonds is 4. The molecular formula is C17H21NO2. The summed E-state index contributed by atoms with van der Waals surface area (Å²) in [4.78, 5) is 14.8. The van der Waals surface area contributed by atoms with Gasteiger partial charge in [-0.05, 0) is 37.8 Å². The minimum absolute atomic E-state index is 0.0323. The van der Waals surface area contributed by atoms with Gasteiger partial charge in [-0.1, -0.05) is 32.0 Å². The highest BCUT2D eigenvalue weighted by Gasteiger charge is 2.38. The summed E-state index contributed by atoms with van der Waals surface area (Å²) in [7, 11) is 0. The molecule has 1 heterocycles. The molecule has 3 rings (SSSR count). The van der Waals surface area contributed by atoms with E-state index in [-0.39, 0.29) is 11.9 Å². The van der Waals surface area contributed by atoms with Crippen LogP contribution in [-0.4, -0.2) is 22.9 Å². The number of fused-ring (bicyclic) bond motifs is 1. The molecule has 2 aromatic rings. The molecule has 1 aliphatic carbocycles. The van der Waals surface area contributed by atoms with Gasteiger partial charge >= 0.3 is 0 Å². The second-order valence-corrected chi connectivity index (χ2v) is 6.08. The van der Waals surface area contributed by atoms with Gasteiger partial charge < -0.3 is 9.32 Å². The van der Waals surface area contributed by atoms with E-state index in [9.17, 15) is 4.79 Å². The first kappa shape index (κ1) is 13.2. The van der Waals surface area contributed by atoms with Gasteiger partial charge in [-0.3, -0.25) is 4.79 Å². The number of hydrogen-bond acceptors (Lipinski definition) is 2. The molecular weight excluding hydrogens is 250 g/mol. The molecule has 1 aromatic carbocycles. The molecule has 0 bridgehead atoms. The van der Waals surface area contributed by atoms with E-state index in [1.807, 2.05) is 35.2 Å². The minimum atomic E-state index is 0.0323. The number of carbonyl (C=O) groups excluding carboxylic acids is 1. The Bertz CT molecular complexity index is 592. The minimum Gasteiger partial charge on any atom is -0.451 e. The number of para-hydroxylation sites is 1. The molecule has 3 heteroatoms. The molecule has 1 saturated carbocycles. The summed E-state index contributed by atoms with van der Waals surface area (Å²) in [6.45, 7) is 6.45. The van der Waals surface area contributed by atoms with Crippen molar-refractivity contribution in [2.45, 2.75) is 45.7 Å². The average Bonchev–Trinajstić information content (AvgIpc) is 3.16. The maximum atomic E-state index is 12.8. The normalized spacial score (nSPS) is 16.6. The Morgan fingerprint density at radius 2 is 1.95 bits per heavy atom. The number of amides is 1. The fraction of sp³-hybridized carbons (Fsp3) is 0.471. The zero-order valence-corrected chi connectivity index (χ0v) is 12.3. The van der Waals surface area contributed by atoms with Crippen LogP contribution in [0.5, 0.6) is 0 Å². The third kappa shape index (κ3) is 2.33. The lowest BCUT2D eigenvalue weighted by molar-refractivity contribution is 0.0597. The topological polar surface area (TPSA) is 33.5 Å². The van der Waals surface area contributed by atoms with E-state index in [2.05, 4.69) is 20.8 Å². The van der Waals surface area contributed by atoms with Crippen molar-refractivity contribution >= 4 is 16.9 Å². The van der Waals surface area contributed by atoms with E-state index in [1.54, 1.807) is 0 Å². The van der Waals surface area contributed by atoms with E-state index in [4.69, 9.17) is 4.42 Å². The first-order valence-electron chi connectivity index (χ1n) is 7.39. The maximum absolute atomic E-state index is 12.8. The van der Waals surface area contributed by atoms with Gasteiger partial charge in [0.2, 0.25) is 0 Å². The van der Waals surface area contributed by atoms with Crippen molar-refractivity contribution in [1.82, 2.24) is 4.90 Å². The largest absolute Gasteiger partial charge is 0.451 e. The quantitative estimate of drug-likeness (QED) is 0.839. The van der Waals surface area contributed by atoms with Crippen LogP contribution in [0.2, 0.25) is 0 Å². The molecule has 0 saturated heterocycles. The summed E-state index contributed by atoms with van der Waals surface area (Å²) in [5.41, 5.74) is 0.781. The number of nitrogens with zero attached hydrogens (tertiary/aromatic N) is 1. The number of hydrogen-bond donors (Lipinski definition) is 0. The van der Waals surface area contributed by atoms with Crippen LogP contribution in [0.3, 0.4) is 0 Å². The highest BCUT2D eigenvalue weighted by molar-refractivity contribution is 5.96. The van der Waals surface area contributed by atoms with Crippen molar-refractivity contribution in [3.05, 3.63) is 36.1 Å². The molecule has 0 aliphatic heterocycles. The number of furan rings is 1. The molecule has 0 radical (unpaired) electrons. The van der Waals surface area contributed by atoms with Crippen molar-refractivity contribution in [1.29, 1.82) is 0 Å². The Kier molecular flexibility index (Phi) is 3.28. The van der Waals surface area contributed by atoms with E-state index in [0.717, 1.165) is 23.8 Å². The van der Waals surface area contributed by atoms with E-state index < -0.39 is 0 Å². The van der Waals surface area contributed by atoms with Gasteiger partial charge in [0.1, 0.15) is 5.58 Å². The molecule has 0 spiro atoms. The molecule has 1 aliphatic rings. The SMILES string of the molecule is CC(C)[C@H](C)N(C(=O)c1cc2ccccc2o1)C1CC1. The van der Waals surface area contributed by atoms with E-state index in [1.165, 1.54) is 0 Å². The fourth-order valence-corrected chi connectivity index (χ4v) is 2.57. The van der Waals surface area contributed by atoms with Gasteiger partial charge in [0.25, 0.3) is 5.91 Å². The van der Waals surface area contributed by atoms with Gasteiger partial charge in [-0.15, -0.1) is 0 Å². The molecule has 0 unspecified atom stereocenters. The number of carbonyl (C=O) groups is 1. The zero-order valence-electron chi connectivity index (χ0n) is 12.3. The molecule has 20 heavy (non-hydrogen) atoms. The second kappa shape index (κ2) is 4.97. The molecule has 1 amide bonds. The van der Waals surface area contributed by atoms with E-state index >= 15 is 0 Å². The van der Waals surface area contributed by atoms with Crippen molar-refractivity contribution < 1.29 is 9.21 Å². The zero-order chi connectivity index (χ0) is 14.3.